The van der Waals surface area contributed by atoms with Crippen molar-refractivity contribution in [3.05, 3.63) is 47.5 Å². The van der Waals surface area contributed by atoms with E-state index in [1.54, 1.807) is 0 Å². The SMILES string of the molecule is CCCCCCCCCC(=O)OCCCCCCCCOc1ccc(OCCCCCCCCOC(=O)CCCCCCCCC)c(CO)c1.CCCCCCCCCC(=O)OCCCCCCCCOc1ccc(OCCCCCCCCOC(=O)CCCCCCCCC)c(COC(=O)OCCCN(C)C)c1. The van der Waals surface area contributed by atoms with Gasteiger partial charge in [-0.05, 0) is 134 Å². The first-order chi connectivity index (χ1) is 53.4. The number of rotatable bonds is 79. The quantitative estimate of drug-likeness (QED) is 0.0372. The van der Waals surface area contributed by atoms with Crippen molar-refractivity contribution in [1.29, 1.82) is 0 Å². The molecule has 2 aromatic rings. The molecule has 0 fully saturated rings. The van der Waals surface area contributed by atoms with E-state index in [4.69, 9.17) is 47.4 Å². The van der Waals surface area contributed by atoms with Gasteiger partial charge in [-0.3, -0.25) is 19.2 Å². The number of carbonyl (C=O) groups is 5. The van der Waals surface area contributed by atoms with Crippen LogP contribution in [0.2, 0.25) is 0 Å². The van der Waals surface area contributed by atoms with Crippen LogP contribution < -0.4 is 18.9 Å². The van der Waals surface area contributed by atoms with E-state index in [-0.39, 0.29) is 37.1 Å². The van der Waals surface area contributed by atoms with Crippen LogP contribution in [0.5, 0.6) is 23.0 Å². The Labute approximate surface area is 665 Å². The summed E-state index contributed by atoms with van der Waals surface area (Å²) in [7, 11) is 3.97. The minimum absolute atomic E-state index is 0.0383. The second-order valence-electron chi connectivity index (χ2n) is 30.5. The number of aliphatic hydroxyl groups excluding tert-OH is 1. The zero-order valence-corrected chi connectivity index (χ0v) is 70.8. The molecule has 0 aliphatic rings. The minimum Gasteiger partial charge on any atom is -0.494 e. The number of unbranched alkanes of at least 4 members (excludes halogenated alkanes) is 44. The maximum Gasteiger partial charge on any atom is 0.508 e. The number of ether oxygens (including phenoxy) is 10. The Balaban J connectivity index is 0.00000110. The first-order valence-electron chi connectivity index (χ1n) is 44.9. The van der Waals surface area contributed by atoms with Crippen molar-refractivity contribution >= 4 is 30.0 Å². The number of carbonyl (C=O) groups excluding carboxylic acids is 5. The minimum atomic E-state index is -0.689. The Morgan fingerprint density at radius 3 is 0.817 bits per heavy atom. The predicted molar refractivity (Wildman–Crippen MR) is 445 cm³/mol. The Bertz CT molecular complexity index is 2390. The van der Waals surface area contributed by atoms with E-state index in [2.05, 4.69) is 27.7 Å². The van der Waals surface area contributed by atoms with Crippen LogP contribution in [0.15, 0.2) is 36.4 Å². The second-order valence-corrected chi connectivity index (χ2v) is 30.5. The van der Waals surface area contributed by atoms with Crippen LogP contribution in [0.4, 0.5) is 4.79 Å². The van der Waals surface area contributed by atoms with Gasteiger partial charge in [0.1, 0.15) is 29.6 Å². The molecule has 0 heterocycles. The molecule has 17 heteroatoms. The van der Waals surface area contributed by atoms with Gasteiger partial charge in [0, 0.05) is 43.4 Å². The smallest absolute Gasteiger partial charge is 0.494 e. The highest BCUT2D eigenvalue weighted by Gasteiger charge is 2.14. The highest BCUT2D eigenvalue weighted by molar-refractivity contribution is 5.70. The summed E-state index contributed by atoms with van der Waals surface area (Å²) in [4.78, 5) is 62.0. The molecule has 109 heavy (non-hydrogen) atoms. The van der Waals surface area contributed by atoms with E-state index in [1.807, 2.05) is 55.4 Å². The summed E-state index contributed by atoms with van der Waals surface area (Å²) in [6.07, 6.45) is 61.3. The van der Waals surface area contributed by atoms with E-state index in [1.165, 1.54) is 128 Å². The van der Waals surface area contributed by atoms with E-state index >= 15 is 0 Å². The fourth-order valence-corrected chi connectivity index (χ4v) is 12.9. The normalized spacial score (nSPS) is 11.1. The monoisotopic (exact) mass is 1540 g/mol. The first-order valence-corrected chi connectivity index (χ1v) is 44.9. The summed E-state index contributed by atoms with van der Waals surface area (Å²) in [5.41, 5.74) is 1.50. The fourth-order valence-electron chi connectivity index (χ4n) is 12.9. The van der Waals surface area contributed by atoms with Crippen molar-refractivity contribution in [1.82, 2.24) is 4.90 Å². The number of aliphatic hydroxyl groups is 1. The van der Waals surface area contributed by atoms with Crippen LogP contribution in [-0.2, 0) is 60.8 Å². The largest absolute Gasteiger partial charge is 0.508 e. The zero-order valence-electron chi connectivity index (χ0n) is 70.8. The van der Waals surface area contributed by atoms with Gasteiger partial charge in [0.15, 0.2) is 0 Å². The summed E-state index contributed by atoms with van der Waals surface area (Å²) in [5.74, 6) is 2.71. The van der Waals surface area contributed by atoms with Gasteiger partial charge in [-0.1, -0.05) is 285 Å². The molecule has 0 radical (unpaired) electrons. The maximum absolute atomic E-state index is 12.3. The highest BCUT2D eigenvalue weighted by atomic mass is 16.7. The molecule has 0 bridgehead atoms. The molecule has 632 valence electrons. The Hall–Kier alpha value is -5.29. The lowest BCUT2D eigenvalue weighted by Gasteiger charge is -2.15. The van der Waals surface area contributed by atoms with Gasteiger partial charge in [-0.15, -0.1) is 0 Å². The molecule has 0 atom stereocenters. The summed E-state index contributed by atoms with van der Waals surface area (Å²) in [6.45, 7) is 14.6. The molecule has 0 saturated carbocycles. The van der Waals surface area contributed by atoms with Gasteiger partial charge in [0.25, 0.3) is 0 Å². The second kappa shape index (κ2) is 79.4. The molecule has 0 unspecified atom stereocenters. The molecule has 0 spiro atoms. The summed E-state index contributed by atoms with van der Waals surface area (Å²) in [5, 5.41) is 9.86. The Morgan fingerprint density at radius 2 is 0.523 bits per heavy atom. The lowest BCUT2D eigenvalue weighted by atomic mass is 10.1. The van der Waals surface area contributed by atoms with Crippen LogP contribution in [0.3, 0.4) is 0 Å². The third kappa shape index (κ3) is 69.2. The van der Waals surface area contributed by atoms with Crippen LogP contribution in [0, 0.1) is 0 Å². The van der Waals surface area contributed by atoms with Gasteiger partial charge < -0.3 is 57.4 Å². The van der Waals surface area contributed by atoms with Gasteiger partial charge >= 0.3 is 30.0 Å². The van der Waals surface area contributed by atoms with E-state index < -0.39 is 6.16 Å². The summed E-state index contributed by atoms with van der Waals surface area (Å²) in [6, 6.07) is 11.4. The van der Waals surface area contributed by atoms with Gasteiger partial charge in [-0.25, -0.2) is 4.79 Å². The van der Waals surface area contributed by atoms with Crippen LogP contribution in [-0.4, -0.2) is 120 Å². The third-order valence-corrected chi connectivity index (χ3v) is 19.7. The van der Waals surface area contributed by atoms with E-state index in [0.717, 1.165) is 247 Å². The molecular formula is C92H163NO16. The van der Waals surface area contributed by atoms with Crippen molar-refractivity contribution in [3.63, 3.8) is 0 Å². The van der Waals surface area contributed by atoms with E-state index in [0.29, 0.717) is 90.9 Å². The lowest BCUT2D eigenvalue weighted by molar-refractivity contribution is -0.144. The summed E-state index contributed by atoms with van der Waals surface area (Å²) < 4.78 is 56.5. The van der Waals surface area contributed by atoms with Gasteiger partial charge in [-0.2, -0.15) is 0 Å². The molecule has 0 aromatic heterocycles. The van der Waals surface area contributed by atoms with Crippen molar-refractivity contribution in [2.24, 2.45) is 0 Å². The summed E-state index contributed by atoms with van der Waals surface area (Å²) >= 11 is 0. The lowest BCUT2D eigenvalue weighted by Crippen LogP contribution is -2.16. The molecule has 1 N–H and O–H groups in total. The Kier molecular flexibility index (Phi) is 74.1. The van der Waals surface area contributed by atoms with Crippen molar-refractivity contribution in [3.8, 4) is 23.0 Å². The van der Waals surface area contributed by atoms with Gasteiger partial charge in [0.05, 0.1) is 66.1 Å². The molecule has 0 aliphatic carbocycles. The van der Waals surface area contributed by atoms with Crippen LogP contribution >= 0.6 is 0 Å². The predicted octanol–water partition coefficient (Wildman–Crippen LogP) is 25.1. The number of esters is 4. The molecule has 0 amide bonds. The zero-order chi connectivity index (χ0) is 79.0. The third-order valence-electron chi connectivity index (χ3n) is 19.7. The fraction of sp³-hybridized carbons (Fsp3) is 0.815. The highest BCUT2D eigenvalue weighted by Crippen LogP contribution is 2.28. The maximum atomic E-state index is 12.3. The average Bonchev–Trinajstić information content (AvgIpc) is 0.869. The van der Waals surface area contributed by atoms with Gasteiger partial charge in [0.2, 0.25) is 0 Å². The molecule has 2 rings (SSSR count). The van der Waals surface area contributed by atoms with Crippen LogP contribution in [0.25, 0.3) is 0 Å². The standard InChI is InChI=1S/C49H87NO9.C43H76O7/c1-5-7-9-11-13-19-25-32-47(51)56-39-29-23-17-15-21-27-37-54-45-34-35-46(44(42-45)43-59-49(53)58-41-31-36-50(3)4)55-38-28-22-16-18-24-30-40-57-48(52)33-26-20-14-12-10-8-6-2;1-3-5-7-9-11-17-23-29-42(45)49-35-27-21-15-13-19-25-33-47-40-31-32-41(39(37-40)38-44)48-34-26-20-14-16-22-28-36-50-43(46)30-24-18-12-10-8-6-4-2/h34-35,42H,5-33,36-41,43H2,1-4H3;31-32,37,44H,3-30,33-36,38H2,1-2H3. The molecule has 17 nitrogen and oxygen atoms in total. The number of nitrogens with zero attached hydrogens (tertiary/aromatic N) is 1. The number of hydrogen-bond acceptors (Lipinski definition) is 17. The number of benzene rings is 2. The van der Waals surface area contributed by atoms with Crippen molar-refractivity contribution < 1.29 is 76.4 Å². The molecule has 2 aromatic carbocycles. The van der Waals surface area contributed by atoms with Crippen molar-refractivity contribution in [2.45, 2.75) is 407 Å². The molecular weight excluding hydrogens is 1380 g/mol. The first kappa shape index (κ1) is 102. The van der Waals surface area contributed by atoms with E-state index in [9.17, 15) is 29.1 Å². The van der Waals surface area contributed by atoms with Crippen LogP contribution in [0.1, 0.15) is 405 Å². The number of hydrogen-bond donors (Lipinski definition) is 1. The average molecular weight is 1540 g/mol. The van der Waals surface area contributed by atoms with Crippen molar-refractivity contribution in [2.75, 3.05) is 80.1 Å². The Morgan fingerprint density at radius 1 is 0.275 bits per heavy atom. The molecule has 0 aliphatic heterocycles. The topological polar surface area (TPSA) is 201 Å². The molecule has 0 saturated heterocycles.